The number of halogens is 1. The molecule has 0 aromatic heterocycles. The molecule has 1 unspecified atom stereocenters. The van der Waals surface area contributed by atoms with Gasteiger partial charge in [0, 0.05) is 10.9 Å². The van der Waals surface area contributed by atoms with Crippen molar-refractivity contribution in [3.63, 3.8) is 0 Å². The Morgan fingerprint density at radius 3 is 2.79 bits per heavy atom. The van der Waals surface area contributed by atoms with E-state index in [1.54, 1.807) is 0 Å². The highest BCUT2D eigenvalue weighted by atomic mass is 35.5. The zero-order chi connectivity index (χ0) is 13.7. The summed E-state index contributed by atoms with van der Waals surface area (Å²) >= 11 is 7.61. The molecule has 0 aliphatic carbocycles. The number of rotatable bonds is 4. The summed E-state index contributed by atoms with van der Waals surface area (Å²) in [6.07, 6.45) is 2.02. The number of nitrogens with one attached hydrogen (secondary N) is 2. The number of hydrogen-bond donors (Lipinski definition) is 2. The molecule has 5 heteroatoms. The molecule has 1 saturated heterocycles. The Morgan fingerprint density at radius 2 is 2.11 bits per heavy atom. The first kappa shape index (κ1) is 14.7. The van der Waals surface area contributed by atoms with Crippen molar-refractivity contribution in [2.24, 2.45) is 0 Å². The van der Waals surface area contributed by atoms with Gasteiger partial charge in [0.1, 0.15) is 0 Å². The van der Waals surface area contributed by atoms with Gasteiger partial charge in [0.05, 0.1) is 10.3 Å². The van der Waals surface area contributed by atoms with Crippen LogP contribution in [0.3, 0.4) is 0 Å². The van der Waals surface area contributed by atoms with Gasteiger partial charge in [-0.2, -0.15) is 0 Å². The quantitative estimate of drug-likeness (QED) is 0.840. The molecule has 2 rings (SSSR count). The molecule has 0 radical (unpaired) electrons. The minimum Gasteiger partial charge on any atom is -0.352 e. The van der Waals surface area contributed by atoms with Crippen molar-refractivity contribution in [1.82, 2.24) is 10.6 Å². The highest BCUT2D eigenvalue weighted by molar-refractivity contribution is 8.00. The summed E-state index contributed by atoms with van der Waals surface area (Å²) in [4.78, 5) is 13.1. The standard InChI is InChI=1S/C14H19ClN2OS/c1-10(19-13-5-3-2-4-12(13)15)14(18)17-11-6-8-16-9-7-11/h2-5,10-11,16H,6-9H2,1H3,(H,17,18). The second-order valence-corrected chi connectivity index (χ2v) is 6.51. The molecule has 1 aromatic rings. The van der Waals surface area contributed by atoms with Crippen LogP contribution >= 0.6 is 23.4 Å². The number of hydrogen-bond acceptors (Lipinski definition) is 3. The highest BCUT2D eigenvalue weighted by Crippen LogP contribution is 2.30. The van der Waals surface area contributed by atoms with Crippen LogP contribution in [0.2, 0.25) is 5.02 Å². The Kier molecular flexibility index (Phi) is 5.55. The van der Waals surface area contributed by atoms with Crippen molar-refractivity contribution in [3.05, 3.63) is 29.3 Å². The van der Waals surface area contributed by atoms with Crippen LogP contribution in [0.1, 0.15) is 19.8 Å². The fourth-order valence-corrected chi connectivity index (χ4v) is 3.23. The monoisotopic (exact) mass is 298 g/mol. The molecule has 1 aliphatic heterocycles. The summed E-state index contributed by atoms with van der Waals surface area (Å²) in [6, 6.07) is 7.93. The maximum atomic E-state index is 12.1. The third kappa shape index (κ3) is 4.41. The van der Waals surface area contributed by atoms with Crippen LogP contribution in [0.25, 0.3) is 0 Å². The summed E-state index contributed by atoms with van der Waals surface area (Å²) in [6.45, 7) is 3.89. The molecule has 3 nitrogen and oxygen atoms in total. The van der Waals surface area contributed by atoms with E-state index >= 15 is 0 Å². The smallest absolute Gasteiger partial charge is 0.233 e. The van der Waals surface area contributed by atoms with Crippen LogP contribution in [0.5, 0.6) is 0 Å². The van der Waals surface area contributed by atoms with Crippen molar-refractivity contribution in [2.45, 2.75) is 36.0 Å². The maximum absolute atomic E-state index is 12.1. The first-order valence-electron chi connectivity index (χ1n) is 6.59. The molecule has 0 bridgehead atoms. The number of thioether (sulfide) groups is 1. The number of piperidine rings is 1. The van der Waals surface area contributed by atoms with Gasteiger partial charge in [-0.25, -0.2) is 0 Å². The van der Waals surface area contributed by atoms with Gasteiger partial charge < -0.3 is 10.6 Å². The number of benzene rings is 1. The molecule has 1 aliphatic rings. The van der Waals surface area contributed by atoms with E-state index in [1.807, 2.05) is 31.2 Å². The SMILES string of the molecule is CC(Sc1ccccc1Cl)C(=O)NC1CCNCC1. The van der Waals surface area contributed by atoms with E-state index in [-0.39, 0.29) is 11.2 Å². The van der Waals surface area contributed by atoms with Gasteiger partial charge in [0.15, 0.2) is 0 Å². The maximum Gasteiger partial charge on any atom is 0.233 e. The van der Waals surface area contributed by atoms with Gasteiger partial charge >= 0.3 is 0 Å². The Morgan fingerprint density at radius 1 is 1.42 bits per heavy atom. The zero-order valence-corrected chi connectivity index (χ0v) is 12.6. The minimum absolute atomic E-state index is 0.0943. The normalized spacial score (nSPS) is 18.0. The van der Waals surface area contributed by atoms with Crippen LogP contribution in [0.15, 0.2) is 29.2 Å². The summed E-state index contributed by atoms with van der Waals surface area (Å²) in [7, 11) is 0. The predicted molar refractivity (Wildman–Crippen MR) is 80.8 cm³/mol. The number of carbonyl (C=O) groups is 1. The van der Waals surface area contributed by atoms with Crippen molar-refractivity contribution >= 4 is 29.3 Å². The molecule has 1 amide bonds. The molecule has 19 heavy (non-hydrogen) atoms. The van der Waals surface area contributed by atoms with Crippen molar-refractivity contribution in [2.75, 3.05) is 13.1 Å². The molecule has 2 N–H and O–H groups in total. The average Bonchev–Trinajstić information content (AvgIpc) is 2.42. The van der Waals surface area contributed by atoms with Crippen LogP contribution in [-0.2, 0) is 4.79 Å². The second-order valence-electron chi connectivity index (χ2n) is 4.72. The first-order valence-corrected chi connectivity index (χ1v) is 7.85. The Hall–Kier alpha value is -0.710. The van der Waals surface area contributed by atoms with Crippen LogP contribution in [0.4, 0.5) is 0 Å². The molecule has 1 atom stereocenters. The van der Waals surface area contributed by atoms with Gasteiger partial charge in [-0.1, -0.05) is 23.7 Å². The predicted octanol–water partition coefficient (Wildman–Crippen LogP) is 2.69. The Labute approximate surface area is 123 Å². The highest BCUT2D eigenvalue weighted by Gasteiger charge is 2.20. The fourth-order valence-electron chi connectivity index (χ4n) is 2.07. The van der Waals surface area contributed by atoms with E-state index in [1.165, 1.54) is 11.8 Å². The molecule has 104 valence electrons. The zero-order valence-electron chi connectivity index (χ0n) is 11.0. The van der Waals surface area contributed by atoms with Gasteiger partial charge in [0.2, 0.25) is 5.91 Å². The van der Waals surface area contributed by atoms with E-state index in [9.17, 15) is 4.79 Å². The van der Waals surface area contributed by atoms with Crippen molar-refractivity contribution in [1.29, 1.82) is 0 Å². The fraction of sp³-hybridized carbons (Fsp3) is 0.500. The largest absolute Gasteiger partial charge is 0.352 e. The Bertz CT molecular complexity index is 435. The summed E-state index contributed by atoms with van der Waals surface area (Å²) in [5, 5.41) is 6.98. The van der Waals surface area contributed by atoms with Gasteiger partial charge in [-0.05, 0) is 45.0 Å². The van der Waals surface area contributed by atoms with E-state index in [2.05, 4.69) is 10.6 Å². The van der Waals surface area contributed by atoms with Gasteiger partial charge in [-0.3, -0.25) is 4.79 Å². The lowest BCUT2D eigenvalue weighted by Crippen LogP contribution is -2.45. The molecule has 0 spiro atoms. The van der Waals surface area contributed by atoms with Crippen molar-refractivity contribution < 1.29 is 4.79 Å². The molecule has 1 heterocycles. The van der Waals surface area contributed by atoms with Crippen LogP contribution < -0.4 is 10.6 Å². The van der Waals surface area contributed by atoms with Gasteiger partial charge in [0.25, 0.3) is 0 Å². The molecular weight excluding hydrogens is 280 g/mol. The lowest BCUT2D eigenvalue weighted by atomic mass is 10.1. The molecule has 0 saturated carbocycles. The molecular formula is C14H19ClN2OS. The topological polar surface area (TPSA) is 41.1 Å². The average molecular weight is 299 g/mol. The summed E-state index contributed by atoms with van der Waals surface area (Å²) < 4.78 is 0. The van der Waals surface area contributed by atoms with Crippen LogP contribution in [-0.4, -0.2) is 30.3 Å². The van der Waals surface area contributed by atoms with E-state index in [0.29, 0.717) is 11.1 Å². The second kappa shape index (κ2) is 7.17. The third-order valence-corrected chi connectivity index (χ3v) is 4.81. The van der Waals surface area contributed by atoms with E-state index in [0.717, 1.165) is 30.8 Å². The lowest BCUT2D eigenvalue weighted by Gasteiger charge is -2.25. The first-order chi connectivity index (χ1) is 9.16. The van der Waals surface area contributed by atoms with E-state index < -0.39 is 0 Å². The number of amides is 1. The van der Waals surface area contributed by atoms with Crippen LogP contribution in [0, 0.1) is 0 Å². The number of carbonyl (C=O) groups excluding carboxylic acids is 1. The van der Waals surface area contributed by atoms with E-state index in [4.69, 9.17) is 11.6 Å². The summed E-state index contributed by atoms with van der Waals surface area (Å²) in [5.74, 6) is 0.0943. The minimum atomic E-state index is -0.130. The lowest BCUT2D eigenvalue weighted by molar-refractivity contribution is -0.121. The summed E-state index contributed by atoms with van der Waals surface area (Å²) in [5.41, 5.74) is 0. The Balaban J connectivity index is 1.87. The van der Waals surface area contributed by atoms with Gasteiger partial charge in [-0.15, -0.1) is 11.8 Å². The molecule has 1 aromatic carbocycles. The van der Waals surface area contributed by atoms with Crippen molar-refractivity contribution in [3.8, 4) is 0 Å². The third-order valence-electron chi connectivity index (χ3n) is 3.20. The molecule has 1 fully saturated rings.